The number of aromatic nitrogens is 1. The minimum Gasteiger partial charge on any atom is -0.323 e. The number of carbonyl (C=O) groups is 3. The van der Waals surface area contributed by atoms with E-state index in [1.54, 1.807) is 31.2 Å². The number of nitrogens with zero attached hydrogens (tertiary/aromatic N) is 3. The number of alkyl halides is 2. The first-order valence-electron chi connectivity index (χ1n) is 9.68. The number of hydrogen-bond donors (Lipinski definition) is 1. The molecule has 10 heteroatoms. The van der Waals surface area contributed by atoms with E-state index < -0.39 is 48.6 Å². The average Bonchev–Trinajstić information content (AvgIpc) is 3.23. The van der Waals surface area contributed by atoms with Gasteiger partial charge in [0, 0.05) is 18.4 Å². The van der Waals surface area contributed by atoms with Gasteiger partial charge in [0.1, 0.15) is 5.54 Å². The highest BCUT2D eigenvalue weighted by atomic mass is 32.1. The molecule has 3 amide bonds. The second kappa shape index (κ2) is 7.50. The number of aryl methyl sites for hydroxylation is 1. The van der Waals surface area contributed by atoms with Gasteiger partial charge in [0.05, 0.1) is 28.7 Å². The fourth-order valence-corrected chi connectivity index (χ4v) is 4.99. The monoisotopic (exact) mass is 444 g/mol. The number of urea groups is 1. The zero-order valence-corrected chi connectivity index (χ0v) is 17.4. The van der Waals surface area contributed by atoms with Crippen LogP contribution in [-0.4, -0.2) is 45.6 Å². The molecule has 1 aromatic heterocycles. The Morgan fingerprint density at radius 3 is 2.61 bits per heavy atom. The Labute approximate surface area is 180 Å². The Morgan fingerprint density at radius 2 is 1.94 bits per heavy atom. The first-order chi connectivity index (χ1) is 14.7. The van der Waals surface area contributed by atoms with Crippen LogP contribution in [0, 0.1) is 18.3 Å². The van der Waals surface area contributed by atoms with Crippen molar-refractivity contribution in [2.45, 2.75) is 44.1 Å². The summed E-state index contributed by atoms with van der Waals surface area (Å²) in [6.45, 7) is 1.19. The number of thiazole rings is 1. The minimum atomic E-state index is -2.85. The molecule has 4 rings (SSSR count). The second-order valence-corrected chi connectivity index (χ2v) is 8.77. The van der Waals surface area contributed by atoms with E-state index in [2.05, 4.69) is 16.4 Å². The number of rotatable bonds is 4. The van der Waals surface area contributed by atoms with Crippen LogP contribution in [0.4, 0.5) is 13.6 Å². The Hall–Kier alpha value is -3.19. The quantitative estimate of drug-likeness (QED) is 0.573. The van der Waals surface area contributed by atoms with Gasteiger partial charge in [0.25, 0.3) is 5.91 Å². The molecule has 1 N–H and O–H groups in total. The van der Waals surface area contributed by atoms with Crippen LogP contribution in [0.25, 0.3) is 10.4 Å². The number of nitrogens with one attached hydrogen (secondary N) is 1. The molecule has 0 bridgehead atoms. The normalized spacial score (nSPS) is 19.4. The van der Waals surface area contributed by atoms with E-state index in [-0.39, 0.29) is 17.8 Å². The van der Waals surface area contributed by atoms with Gasteiger partial charge in [-0.2, -0.15) is 5.26 Å². The van der Waals surface area contributed by atoms with Crippen molar-refractivity contribution in [3.05, 3.63) is 40.5 Å². The van der Waals surface area contributed by atoms with E-state index in [9.17, 15) is 28.4 Å². The summed E-state index contributed by atoms with van der Waals surface area (Å²) >= 11 is 1.08. The highest BCUT2D eigenvalue weighted by Gasteiger charge is 2.55. The molecule has 1 spiro atoms. The third-order valence-corrected chi connectivity index (χ3v) is 6.94. The molecule has 1 aliphatic carbocycles. The molecule has 2 fully saturated rings. The van der Waals surface area contributed by atoms with E-state index in [0.717, 1.165) is 16.2 Å². The molecule has 0 atom stereocenters. The highest BCUT2D eigenvalue weighted by molar-refractivity contribution is 7.17. The Bertz CT molecular complexity index is 1130. The van der Waals surface area contributed by atoms with Crippen molar-refractivity contribution in [1.29, 1.82) is 5.26 Å². The van der Waals surface area contributed by atoms with Gasteiger partial charge >= 0.3 is 6.03 Å². The largest absolute Gasteiger partial charge is 0.325 e. The van der Waals surface area contributed by atoms with Crippen LogP contribution in [-0.2, 0) is 4.79 Å². The fourth-order valence-electron chi connectivity index (χ4n) is 3.96. The maximum atomic E-state index is 13.5. The van der Waals surface area contributed by atoms with Crippen molar-refractivity contribution < 1.29 is 23.2 Å². The number of Topliss-reactive ketones (excluding diaryl/α,β-unsaturated/α-hetero) is 1. The smallest absolute Gasteiger partial charge is 0.323 e. The van der Waals surface area contributed by atoms with Gasteiger partial charge in [0.2, 0.25) is 11.7 Å². The number of halogens is 2. The van der Waals surface area contributed by atoms with Gasteiger partial charge in [0.15, 0.2) is 5.01 Å². The maximum absolute atomic E-state index is 13.5. The van der Waals surface area contributed by atoms with E-state index in [1.165, 1.54) is 0 Å². The predicted molar refractivity (Wildman–Crippen MR) is 108 cm³/mol. The number of amides is 3. The van der Waals surface area contributed by atoms with Crippen molar-refractivity contribution in [1.82, 2.24) is 15.2 Å². The van der Waals surface area contributed by atoms with E-state index in [4.69, 9.17) is 0 Å². The van der Waals surface area contributed by atoms with Gasteiger partial charge in [-0.05, 0) is 25.8 Å². The summed E-state index contributed by atoms with van der Waals surface area (Å²) in [5.74, 6) is -4.03. The topological polar surface area (TPSA) is 103 Å². The zero-order valence-electron chi connectivity index (χ0n) is 16.6. The maximum Gasteiger partial charge on any atom is 0.325 e. The number of hydrogen-bond acceptors (Lipinski definition) is 6. The summed E-state index contributed by atoms with van der Waals surface area (Å²) in [7, 11) is 0. The third-order valence-electron chi connectivity index (χ3n) is 5.71. The first-order valence-corrected chi connectivity index (χ1v) is 10.5. The number of nitriles is 1. The summed E-state index contributed by atoms with van der Waals surface area (Å²) in [4.78, 5) is 43.7. The summed E-state index contributed by atoms with van der Waals surface area (Å²) in [6, 6.07) is 8.28. The second-order valence-electron chi connectivity index (χ2n) is 7.77. The molecule has 0 radical (unpaired) electrons. The van der Waals surface area contributed by atoms with E-state index in [0.29, 0.717) is 21.7 Å². The molecule has 1 aromatic carbocycles. The Morgan fingerprint density at radius 1 is 1.26 bits per heavy atom. The van der Waals surface area contributed by atoms with Crippen LogP contribution in [0.2, 0.25) is 0 Å². The van der Waals surface area contributed by atoms with Crippen LogP contribution in [0.3, 0.4) is 0 Å². The van der Waals surface area contributed by atoms with Gasteiger partial charge in [-0.15, -0.1) is 11.3 Å². The summed E-state index contributed by atoms with van der Waals surface area (Å²) in [5, 5.41) is 11.9. The van der Waals surface area contributed by atoms with Crippen LogP contribution >= 0.6 is 11.3 Å². The van der Waals surface area contributed by atoms with Crippen molar-refractivity contribution in [2.75, 3.05) is 6.54 Å². The van der Waals surface area contributed by atoms with Gasteiger partial charge in [-0.3, -0.25) is 14.5 Å². The standard InChI is InChI=1S/C21H18F2N4O3S/c1-12-16(14-5-3-2-4-13(14)10-24)31-17(25-12)15(28)11-27-18(29)20(26-19(27)30)6-8-21(22,23)9-7-20/h2-5H,6-9,11H2,1H3,(H,26,30). The number of carbonyl (C=O) groups excluding carboxylic acids is 3. The Kier molecular flexibility index (Phi) is 5.09. The number of ketones is 1. The third kappa shape index (κ3) is 3.70. The van der Waals surface area contributed by atoms with Crippen LogP contribution < -0.4 is 5.32 Å². The van der Waals surface area contributed by atoms with Gasteiger partial charge in [-0.1, -0.05) is 18.2 Å². The average molecular weight is 444 g/mol. The highest BCUT2D eigenvalue weighted by Crippen LogP contribution is 2.41. The van der Waals surface area contributed by atoms with Gasteiger partial charge < -0.3 is 5.32 Å². The molecule has 1 saturated carbocycles. The van der Waals surface area contributed by atoms with Crippen molar-refractivity contribution >= 4 is 29.1 Å². The molecule has 160 valence electrons. The molecule has 7 nitrogen and oxygen atoms in total. The molecule has 31 heavy (non-hydrogen) atoms. The van der Waals surface area contributed by atoms with E-state index >= 15 is 0 Å². The molecule has 2 heterocycles. The van der Waals surface area contributed by atoms with Crippen LogP contribution in [0.5, 0.6) is 0 Å². The lowest BCUT2D eigenvalue weighted by Crippen LogP contribution is -2.51. The number of benzene rings is 1. The van der Waals surface area contributed by atoms with E-state index in [1.807, 2.05) is 0 Å². The Balaban J connectivity index is 1.54. The molecular formula is C21H18F2N4O3S. The zero-order chi connectivity index (χ0) is 22.4. The minimum absolute atomic E-state index is 0.108. The fraction of sp³-hybridized carbons (Fsp3) is 0.381. The van der Waals surface area contributed by atoms with Crippen LogP contribution in [0.15, 0.2) is 24.3 Å². The summed E-state index contributed by atoms with van der Waals surface area (Å²) in [5.41, 5.74) is 0.281. The molecule has 1 saturated heterocycles. The van der Waals surface area contributed by atoms with Crippen LogP contribution in [0.1, 0.15) is 46.7 Å². The lowest BCUT2D eigenvalue weighted by atomic mass is 9.80. The molecule has 2 aromatic rings. The van der Waals surface area contributed by atoms with Gasteiger partial charge in [-0.25, -0.2) is 18.6 Å². The van der Waals surface area contributed by atoms with Crippen molar-refractivity contribution in [3.63, 3.8) is 0 Å². The first kappa shape index (κ1) is 21.1. The van der Waals surface area contributed by atoms with Crippen molar-refractivity contribution in [3.8, 4) is 16.5 Å². The lowest BCUT2D eigenvalue weighted by Gasteiger charge is -2.34. The molecular weight excluding hydrogens is 426 g/mol. The number of imide groups is 1. The SMILES string of the molecule is Cc1nc(C(=O)CN2C(=O)NC3(CCC(F)(F)CC3)C2=O)sc1-c1ccccc1C#N. The predicted octanol–water partition coefficient (Wildman–Crippen LogP) is 3.67. The summed E-state index contributed by atoms with van der Waals surface area (Å²) in [6.07, 6.45) is -1.32. The molecule has 0 unspecified atom stereocenters. The molecule has 2 aliphatic rings. The van der Waals surface area contributed by atoms with Crippen molar-refractivity contribution in [2.24, 2.45) is 0 Å². The molecule has 1 aliphatic heterocycles. The summed E-state index contributed by atoms with van der Waals surface area (Å²) < 4.78 is 27.0. The lowest BCUT2D eigenvalue weighted by molar-refractivity contribution is -0.135.